The minimum Gasteiger partial charge on any atom is -0.496 e. The maximum absolute atomic E-state index is 11.9. The number of benzene rings is 2. The zero-order valence-electron chi connectivity index (χ0n) is 15.2. The second kappa shape index (κ2) is 9.73. The van der Waals surface area contributed by atoms with E-state index in [9.17, 15) is 4.79 Å². The van der Waals surface area contributed by atoms with Gasteiger partial charge in [-0.1, -0.05) is 30.3 Å². The van der Waals surface area contributed by atoms with Gasteiger partial charge in [0, 0.05) is 18.3 Å². The molecule has 1 aromatic heterocycles. The van der Waals surface area contributed by atoms with E-state index in [0.29, 0.717) is 26.0 Å². The number of hydrogen-bond donors (Lipinski definition) is 1. The number of nitrogens with one attached hydrogen (secondary N) is 1. The van der Waals surface area contributed by atoms with Crippen molar-refractivity contribution >= 4 is 17.2 Å². The Bertz CT molecular complexity index is 865. The highest BCUT2D eigenvalue weighted by atomic mass is 32.1. The lowest BCUT2D eigenvalue weighted by atomic mass is 10.2. The van der Waals surface area contributed by atoms with Crippen LogP contribution in [-0.2, 0) is 11.2 Å². The maximum Gasteiger partial charge on any atom is 0.223 e. The van der Waals surface area contributed by atoms with E-state index in [1.165, 1.54) is 0 Å². The molecule has 0 aliphatic carbocycles. The lowest BCUT2D eigenvalue weighted by Crippen LogP contribution is -2.27. The van der Waals surface area contributed by atoms with Crippen LogP contribution in [0.5, 0.6) is 11.5 Å². The summed E-state index contributed by atoms with van der Waals surface area (Å²) in [5.41, 5.74) is 1.94. The first-order valence-electron chi connectivity index (χ1n) is 8.78. The summed E-state index contributed by atoms with van der Waals surface area (Å²) in [5.74, 6) is 1.56. The third-order valence-electron chi connectivity index (χ3n) is 3.93. The summed E-state index contributed by atoms with van der Waals surface area (Å²) in [4.78, 5) is 16.6. The standard InChI is InChI=1S/C21H22N2O3S/c1-25-19-10-6-5-9-18(19)21-23-16(15-27-21)11-13-22-20(24)12-14-26-17-7-3-2-4-8-17/h2-10,15H,11-14H2,1H3,(H,22,24). The largest absolute Gasteiger partial charge is 0.496 e. The van der Waals surface area contributed by atoms with Crippen LogP contribution in [0.3, 0.4) is 0 Å². The van der Waals surface area contributed by atoms with Crippen molar-refractivity contribution in [2.24, 2.45) is 0 Å². The molecule has 5 nitrogen and oxygen atoms in total. The van der Waals surface area contributed by atoms with E-state index >= 15 is 0 Å². The van der Waals surface area contributed by atoms with Crippen molar-refractivity contribution in [3.63, 3.8) is 0 Å². The predicted molar refractivity (Wildman–Crippen MR) is 107 cm³/mol. The van der Waals surface area contributed by atoms with Crippen LogP contribution in [0, 0.1) is 0 Å². The average molecular weight is 382 g/mol. The van der Waals surface area contributed by atoms with Gasteiger partial charge in [-0.3, -0.25) is 4.79 Å². The van der Waals surface area contributed by atoms with E-state index in [1.54, 1.807) is 18.4 Å². The molecule has 0 saturated heterocycles. The highest BCUT2D eigenvalue weighted by Gasteiger charge is 2.10. The molecule has 0 unspecified atom stereocenters. The molecular weight excluding hydrogens is 360 g/mol. The lowest BCUT2D eigenvalue weighted by Gasteiger charge is -2.06. The molecule has 140 valence electrons. The second-order valence-corrected chi connectivity index (χ2v) is 6.71. The van der Waals surface area contributed by atoms with Crippen LogP contribution in [0.15, 0.2) is 60.0 Å². The highest BCUT2D eigenvalue weighted by molar-refractivity contribution is 7.13. The van der Waals surface area contributed by atoms with Crippen molar-refractivity contribution < 1.29 is 14.3 Å². The number of thiazole rings is 1. The summed E-state index contributed by atoms with van der Waals surface area (Å²) >= 11 is 1.58. The Hall–Kier alpha value is -2.86. The van der Waals surface area contributed by atoms with Gasteiger partial charge in [0.25, 0.3) is 0 Å². The highest BCUT2D eigenvalue weighted by Crippen LogP contribution is 2.31. The fourth-order valence-corrected chi connectivity index (χ4v) is 3.45. The Morgan fingerprint density at radius 3 is 2.70 bits per heavy atom. The van der Waals surface area contributed by atoms with Crippen molar-refractivity contribution in [1.29, 1.82) is 0 Å². The van der Waals surface area contributed by atoms with Crippen molar-refractivity contribution in [1.82, 2.24) is 10.3 Å². The first-order valence-corrected chi connectivity index (χ1v) is 9.66. The molecule has 0 saturated carbocycles. The molecule has 1 amide bonds. The van der Waals surface area contributed by atoms with Gasteiger partial charge in [0.05, 0.1) is 31.4 Å². The number of rotatable bonds is 9. The van der Waals surface area contributed by atoms with Gasteiger partial charge in [-0.05, 0) is 24.3 Å². The zero-order valence-corrected chi connectivity index (χ0v) is 16.0. The first-order chi connectivity index (χ1) is 13.3. The molecule has 6 heteroatoms. The Morgan fingerprint density at radius 1 is 1.11 bits per heavy atom. The minimum absolute atomic E-state index is 0.0221. The number of methoxy groups -OCH3 is 1. The fraction of sp³-hybridized carbons (Fsp3) is 0.238. The molecule has 0 spiro atoms. The summed E-state index contributed by atoms with van der Waals surface area (Å²) in [6.07, 6.45) is 1.02. The number of carbonyl (C=O) groups is 1. The summed E-state index contributed by atoms with van der Waals surface area (Å²) in [6, 6.07) is 17.3. The van der Waals surface area contributed by atoms with Crippen LogP contribution in [0.4, 0.5) is 0 Å². The molecule has 0 radical (unpaired) electrons. The van der Waals surface area contributed by atoms with Crippen LogP contribution in [0.2, 0.25) is 0 Å². The lowest BCUT2D eigenvalue weighted by molar-refractivity contribution is -0.121. The number of hydrogen-bond acceptors (Lipinski definition) is 5. The quantitative estimate of drug-likeness (QED) is 0.609. The SMILES string of the molecule is COc1ccccc1-c1nc(CCNC(=O)CCOc2ccccc2)cs1. The van der Waals surface area contributed by atoms with Crippen LogP contribution in [0.25, 0.3) is 10.6 Å². The molecule has 3 aromatic rings. The van der Waals surface area contributed by atoms with Crippen molar-refractivity contribution in [2.45, 2.75) is 12.8 Å². The van der Waals surface area contributed by atoms with E-state index < -0.39 is 0 Å². The molecular formula is C21H22N2O3S. The van der Waals surface area contributed by atoms with Gasteiger partial charge in [0.2, 0.25) is 5.91 Å². The van der Waals surface area contributed by atoms with Crippen molar-refractivity contribution in [3.8, 4) is 22.1 Å². The molecule has 0 bridgehead atoms. The van der Waals surface area contributed by atoms with Gasteiger partial charge in [-0.15, -0.1) is 11.3 Å². The number of ether oxygens (including phenoxy) is 2. The summed E-state index contributed by atoms with van der Waals surface area (Å²) in [6.45, 7) is 0.920. The molecule has 0 fully saturated rings. The first kappa shape index (κ1) is 18.9. The van der Waals surface area contributed by atoms with E-state index in [2.05, 4.69) is 10.3 Å². The van der Waals surface area contributed by atoms with E-state index in [4.69, 9.17) is 9.47 Å². The van der Waals surface area contributed by atoms with E-state index in [-0.39, 0.29) is 5.91 Å². The Balaban J connectivity index is 1.42. The number of carbonyl (C=O) groups excluding carboxylic acids is 1. The van der Waals surface area contributed by atoms with Gasteiger partial charge in [-0.25, -0.2) is 4.98 Å². The average Bonchev–Trinajstić information content (AvgIpc) is 3.17. The van der Waals surface area contributed by atoms with Crippen LogP contribution < -0.4 is 14.8 Å². The van der Waals surface area contributed by atoms with Crippen molar-refractivity contribution in [2.75, 3.05) is 20.3 Å². The smallest absolute Gasteiger partial charge is 0.223 e. The number of nitrogens with zero attached hydrogens (tertiary/aromatic N) is 1. The van der Waals surface area contributed by atoms with Gasteiger partial charge in [-0.2, -0.15) is 0 Å². The third kappa shape index (κ3) is 5.56. The topological polar surface area (TPSA) is 60.5 Å². The molecule has 3 rings (SSSR count). The normalized spacial score (nSPS) is 10.4. The van der Waals surface area contributed by atoms with E-state index in [1.807, 2.05) is 60.0 Å². The molecule has 27 heavy (non-hydrogen) atoms. The number of amides is 1. The summed E-state index contributed by atoms with van der Waals surface area (Å²) < 4.78 is 10.9. The molecule has 0 aliphatic heterocycles. The monoisotopic (exact) mass is 382 g/mol. The molecule has 0 aliphatic rings. The number of para-hydroxylation sites is 2. The molecule has 1 N–H and O–H groups in total. The molecule has 2 aromatic carbocycles. The van der Waals surface area contributed by atoms with Gasteiger partial charge in [0.15, 0.2) is 0 Å². The number of aromatic nitrogens is 1. The van der Waals surface area contributed by atoms with Gasteiger partial charge >= 0.3 is 0 Å². The Morgan fingerprint density at radius 2 is 1.89 bits per heavy atom. The molecule has 1 heterocycles. The third-order valence-corrected chi connectivity index (χ3v) is 4.86. The Labute approximate surface area is 163 Å². The van der Waals surface area contributed by atoms with Crippen molar-refractivity contribution in [3.05, 3.63) is 65.7 Å². The molecule has 0 atom stereocenters. The van der Waals surface area contributed by atoms with Crippen LogP contribution >= 0.6 is 11.3 Å². The van der Waals surface area contributed by atoms with Gasteiger partial charge < -0.3 is 14.8 Å². The maximum atomic E-state index is 11.9. The minimum atomic E-state index is -0.0221. The van der Waals surface area contributed by atoms with Crippen LogP contribution in [0.1, 0.15) is 12.1 Å². The summed E-state index contributed by atoms with van der Waals surface area (Å²) in [7, 11) is 1.66. The van der Waals surface area contributed by atoms with Gasteiger partial charge in [0.1, 0.15) is 16.5 Å². The fourth-order valence-electron chi connectivity index (χ4n) is 2.56. The zero-order chi connectivity index (χ0) is 18.9. The van der Waals surface area contributed by atoms with Crippen LogP contribution in [-0.4, -0.2) is 31.2 Å². The Kier molecular flexibility index (Phi) is 6.82. The van der Waals surface area contributed by atoms with E-state index in [0.717, 1.165) is 27.8 Å². The second-order valence-electron chi connectivity index (χ2n) is 5.86. The summed E-state index contributed by atoms with van der Waals surface area (Å²) in [5, 5.41) is 5.85. The predicted octanol–water partition coefficient (Wildman–Crippen LogP) is 3.95.